The summed E-state index contributed by atoms with van der Waals surface area (Å²) in [7, 11) is 0. The molecule has 0 amide bonds. The van der Waals surface area contributed by atoms with Crippen LogP contribution in [0.15, 0.2) is 79.4 Å². The van der Waals surface area contributed by atoms with E-state index in [0.29, 0.717) is 0 Å². The Morgan fingerprint density at radius 3 is 2.45 bits per heavy atom. The van der Waals surface area contributed by atoms with E-state index in [0.717, 1.165) is 12.1 Å². The monoisotopic (exact) mass is 291 g/mol. The molecule has 1 atom stereocenters. The summed E-state index contributed by atoms with van der Waals surface area (Å²) in [5.41, 5.74) is 2.13. The van der Waals surface area contributed by atoms with Crippen molar-refractivity contribution in [2.75, 3.05) is 5.32 Å². The van der Waals surface area contributed by atoms with Crippen LogP contribution in [0.25, 0.3) is 10.8 Å². The van der Waals surface area contributed by atoms with Crippen LogP contribution in [0.4, 0.5) is 10.1 Å². The van der Waals surface area contributed by atoms with Gasteiger partial charge in [0, 0.05) is 5.69 Å². The number of fused-ring (bicyclic) bond motifs is 1. The Bertz CT molecular complexity index is 772. The SMILES string of the molecule is C=CCC(Nc1ccc(F)cc1)c1cccc2ccccc12. The highest BCUT2D eigenvalue weighted by molar-refractivity contribution is 5.86. The molecule has 0 heterocycles. The molecule has 0 aliphatic heterocycles. The van der Waals surface area contributed by atoms with Crippen LogP contribution >= 0.6 is 0 Å². The Balaban J connectivity index is 1.99. The molecule has 0 aliphatic rings. The number of anilines is 1. The highest BCUT2D eigenvalue weighted by Crippen LogP contribution is 2.29. The Labute approximate surface area is 130 Å². The molecule has 1 nitrogen and oxygen atoms in total. The molecule has 2 heteroatoms. The quantitative estimate of drug-likeness (QED) is 0.594. The highest BCUT2D eigenvalue weighted by atomic mass is 19.1. The lowest BCUT2D eigenvalue weighted by Crippen LogP contribution is -2.10. The minimum absolute atomic E-state index is 0.106. The zero-order valence-electron chi connectivity index (χ0n) is 12.3. The molecular weight excluding hydrogens is 273 g/mol. The van der Waals surface area contributed by atoms with Gasteiger partial charge in [-0.1, -0.05) is 48.5 Å². The van der Waals surface area contributed by atoms with Crippen molar-refractivity contribution in [2.45, 2.75) is 12.5 Å². The summed E-state index contributed by atoms with van der Waals surface area (Å²) in [6.07, 6.45) is 2.70. The van der Waals surface area contributed by atoms with Gasteiger partial charge in [-0.25, -0.2) is 4.39 Å². The van der Waals surface area contributed by atoms with Gasteiger partial charge in [-0.3, -0.25) is 0 Å². The fourth-order valence-corrected chi connectivity index (χ4v) is 2.73. The number of hydrogen-bond acceptors (Lipinski definition) is 1. The van der Waals surface area contributed by atoms with Crippen LogP contribution in [0.3, 0.4) is 0 Å². The molecule has 3 aromatic rings. The fraction of sp³-hybridized carbons (Fsp3) is 0.100. The van der Waals surface area contributed by atoms with Gasteiger partial charge < -0.3 is 5.32 Å². The van der Waals surface area contributed by atoms with Crippen molar-refractivity contribution in [1.82, 2.24) is 0 Å². The summed E-state index contributed by atoms with van der Waals surface area (Å²) in [6, 6.07) is 21.2. The molecule has 0 radical (unpaired) electrons. The first-order valence-electron chi connectivity index (χ1n) is 7.38. The average molecular weight is 291 g/mol. The summed E-state index contributed by atoms with van der Waals surface area (Å²) in [5, 5.41) is 5.92. The minimum atomic E-state index is -0.226. The second-order valence-electron chi connectivity index (χ2n) is 5.30. The first-order valence-corrected chi connectivity index (χ1v) is 7.38. The van der Waals surface area contributed by atoms with Gasteiger partial charge in [0.2, 0.25) is 0 Å². The van der Waals surface area contributed by atoms with Crippen LogP contribution in [0.1, 0.15) is 18.0 Å². The van der Waals surface area contributed by atoms with Crippen molar-refractivity contribution in [1.29, 1.82) is 0 Å². The van der Waals surface area contributed by atoms with E-state index in [1.807, 2.05) is 12.1 Å². The van der Waals surface area contributed by atoms with E-state index in [1.54, 1.807) is 12.1 Å². The molecule has 1 unspecified atom stereocenters. The van der Waals surface area contributed by atoms with Gasteiger partial charge >= 0.3 is 0 Å². The standard InChI is InChI=1S/C20H18FN/c1-2-6-20(22-17-13-11-16(21)12-14-17)19-10-5-8-15-7-3-4-9-18(15)19/h2-5,7-14,20,22H,1,6H2. The summed E-state index contributed by atoms with van der Waals surface area (Å²) < 4.78 is 13.1. The molecule has 0 aromatic heterocycles. The van der Waals surface area contributed by atoms with Crippen LogP contribution in [-0.4, -0.2) is 0 Å². The molecule has 22 heavy (non-hydrogen) atoms. The molecular formula is C20H18FN. The van der Waals surface area contributed by atoms with Gasteiger partial charge in [0.15, 0.2) is 0 Å². The maximum atomic E-state index is 13.1. The number of rotatable bonds is 5. The maximum Gasteiger partial charge on any atom is 0.123 e. The first-order chi connectivity index (χ1) is 10.8. The van der Waals surface area contributed by atoms with Gasteiger partial charge in [0.1, 0.15) is 5.82 Å². The third kappa shape index (κ3) is 3.01. The van der Waals surface area contributed by atoms with Crippen LogP contribution in [0.2, 0.25) is 0 Å². The van der Waals surface area contributed by atoms with Gasteiger partial charge in [-0.2, -0.15) is 0 Å². The van der Waals surface area contributed by atoms with Crippen LogP contribution in [0.5, 0.6) is 0 Å². The van der Waals surface area contributed by atoms with E-state index in [-0.39, 0.29) is 11.9 Å². The van der Waals surface area contributed by atoms with Crippen LogP contribution < -0.4 is 5.32 Å². The molecule has 0 saturated carbocycles. The van der Waals surface area contributed by atoms with E-state index >= 15 is 0 Å². The average Bonchev–Trinajstić information content (AvgIpc) is 2.56. The summed E-state index contributed by atoms with van der Waals surface area (Å²) in [4.78, 5) is 0. The van der Waals surface area contributed by atoms with E-state index in [9.17, 15) is 4.39 Å². The molecule has 0 bridgehead atoms. The third-order valence-electron chi connectivity index (χ3n) is 3.79. The minimum Gasteiger partial charge on any atom is -0.378 e. The van der Waals surface area contributed by atoms with Crippen LogP contribution in [-0.2, 0) is 0 Å². The van der Waals surface area contributed by atoms with Crippen molar-refractivity contribution in [3.63, 3.8) is 0 Å². The van der Waals surface area contributed by atoms with Gasteiger partial charge in [0.05, 0.1) is 6.04 Å². The van der Waals surface area contributed by atoms with Gasteiger partial charge in [-0.05, 0) is 47.0 Å². The summed E-state index contributed by atoms with van der Waals surface area (Å²) in [6.45, 7) is 3.86. The summed E-state index contributed by atoms with van der Waals surface area (Å²) >= 11 is 0. The normalized spacial score (nSPS) is 12.0. The molecule has 3 aromatic carbocycles. The first kappa shape index (κ1) is 14.3. The van der Waals surface area contributed by atoms with E-state index in [1.165, 1.54) is 28.5 Å². The zero-order chi connectivity index (χ0) is 15.4. The topological polar surface area (TPSA) is 12.0 Å². The van der Waals surface area contributed by atoms with Crippen molar-refractivity contribution in [3.8, 4) is 0 Å². The van der Waals surface area contributed by atoms with Crippen LogP contribution in [0, 0.1) is 5.82 Å². The largest absolute Gasteiger partial charge is 0.378 e. The van der Waals surface area contributed by atoms with Crippen molar-refractivity contribution < 1.29 is 4.39 Å². The summed E-state index contributed by atoms with van der Waals surface area (Å²) in [5.74, 6) is -0.226. The lowest BCUT2D eigenvalue weighted by molar-refractivity contribution is 0.628. The fourth-order valence-electron chi connectivity index (χ4n) is 2.73. The van der Waals surface area contributed by atoms with E-state index < -0.39 is 0 Å². The van der Waals surface area contributed by atoms with Gasteiger partial charge in [-0.15, -0.1) is 6.58 Å². The second-order valence-corrected chi connectivity index (χ2v) is 5.30. The Morgan fingerprint density at radius 1 is 0.955 bits per heavy atom. The molecule has 0 saturated heterocycles. The number of halogens is 1. The third-order valence-corrected chi connectivity index (χ3v) is 3.79. The molecule has 0 aliphatic carbocycles. The van der Waals surface area contributed by atoms with Gasteiger partial charge in [0.25, 0.3) is 0 Å². The number of hydrogen-bond donors (Lipinski definition) is 1. The lowest BCUT2D eigenvalue weighted by Gasteiger charge is -2.21. The Kier molecular flexibility index (Phi) is 4.19. The molecule has 0 spiro atoms. The maximum absolute atomic E-state index is 13.1. The smallest absolute Gasteiger partial charge is 0.123 e. The zero-order valence-corrected chi connectivity index (χ0v) is 12.3. The van der Waals surface area contributed by atoms with E-state index in [4.69, 9.17) is 0 Å². The second kappa shape index (κ2) is 6.44. The Hall–Kier alpha value is -2.61. The van der Waals surface area contributed by atoms with Crippen molar-refractivity contribution in [2.24, 2.45) is 0 Å². The lowest BCUT2D eigenvalue weighted by atomic mass is 9.96. The predicted molar refractivity (Wildman–Crippen MR) is 91.5 cm³/mol. The molecule has 110 valence electrons. The molecule has 1 N–H and O–H groups in total. The highest BCUT2D eigenvalue weighted by Gasteiger charge is 2.12. The van der Waals surface area contributed by atoms with E-state index in [2.05, 4.69) is 48.3 Å². The van der Waals surface area contributed by atoms with Crippen molar-refractivity contribution >= 4 is 16.5 Å². The molecule has 3 rings (SSSR count). The predicted octanol–water partition coefficient (Wildman–Crippen LogP) is 5.71. The van der Waals surface area contributed by atoms with Crippen molar-refractivity contribution in [3.05, 3.63) is 90.8 Å². The number of benzene rings is 3. The Morgan fingerprint density at radius 2 is 1.68 bits per heavy atom. The molecule has 0 fully saturated rings. The number of nitrogens with one attached hydrogen (secondary N) is 1.